The predicted molar refractivity (Wildman–Crippen MR) is 137 cm³/mol. The van der Waals surface area contributed by atoms with Crippen LogP contribution in [0.4, 0.5) is 0 Å². The molecule has 3 atom stereocenters. The van der Waals surface area contributed by atoms with Crippen molar-refractivity contribution < 1.29 is 14.3 Å². The van der Waals surface area contributed by atoms with Crippen LogP contribution in [0.25, 0.3) is 0 Å². The minimum Gasteiger partial charge on any atom is -0.399 e. The number of aliphatic hydroxyl groups is 1. The highest BCUT2D eigenvalue weighted by Crippen LogP contribution is 2.55. The van der Waals surface area contributed by atoms with Crippen molar-refractivity contribution in [3.8, 4) is 0 Å². The molecule has 0 amide bonds. The van der Waals surface area contributed by atoms with E-state index in [9.17, 15) is 9.90 Å². The van der Waals surface area contributed by atoms with Crippen LogP contribution in [0.5, 0.6) is 0 Å². The van der Waals surface area contributed by atoms with Crippen LogP contribution < -0.4 is 10.4 Å². The average Bonchev–Trinajstić information content (AvgIpc) is 3.00. The average molecular weight is 463 g/mol. The van der Waals surface area contributed by atoms with Gasteiger partial charge < -0.3 is 9.53 Å². The molecule has 2 aromatic carbocycles. The van der Waals surface area contributed by atoms with Gasteiger partial charge in [-0.3, -0.25) is 4.79 Å². The molecule has 0 aliphatic heterocycles. The largest absolute Gasteiger partial charge is 0.399 e. The van der Waals surface area contributed by atoms with Crippen molar-refractivity contribution in [1.82, 2.24) is 0 Å². The van der Waals surface area contributed by atoms with E-state index in [0.717, 1.165) is 6.42 Å². The molecule has 33 heavy (non-hydrogen) atoms. The van der Waals surface area contributed by atoms with Crippen molar-refractivity contribution in [2.75, 3.05) is 0 Å². The van der Waals surface area contributed by atoms with Gasteiger partial charge in [0.05, 0.1) is 5.60 Å². The topological polar surface area (TPSA) is 46.5 Å². The second-order valence-corrected chi connectivity index (χ2v) is 15.4. The predicted octanol–water partition coefficient (Wildman–Crippen LogP) is 5.16. The molecule has 2 aromatic rings. The lowest BCUT2D eigenvalue weighted by Crippen LogP contribution is -2.72. The van der Waals surface area contributed by atoms with Gasteiger partial charge in [0.25, 0.3) is 8.32 Å². The van der Waals surface area contributed by atoms with Crippen LogP contribution in [0.3, 0.4) is 0 Å². The molecule has 0 spiro atoms. The maximum Gasteiger partial charge on any atom is 0.261 e. The number of fused-ring (bicyclic) bond motifs is 1. The van der Waals surface area contributed by atoms with E-state index >= 15 is 0 Å². The first-order valence-electron chi connectivity index (χ1n) is 12.3. The second-order valence-electron chi connectivity index (χ2n) is 11.1. The van der Waals surface area contributed by atoms with Gasteiger partial charge in [-0.2, -0.15) is 0 Å². The molecule has 0 aromatic heterocycles. The summed E-state index contributed by atoms with van der Waals surface area (Å²) in [6.07, 6.45) is 5.63. The Bertz CT molecular complexity index is 984. The zero-order valence-electron chi connectivity index (χ0n) is 20.7. The fourth-order valence-electron chi connectivity index (χ4n) is 6.32. The number of rotatable bonds is 5. The van der Waals surface area contributed by atoms with Gasteiger partial charge in [0.15, 0.2) is 0 Å². The second kappa shape index (κ2) is 8.64. The van der Waals surface area contributed by atoms with Gasteiger partial charge in [0, 0.05) is 5.92 Å². The van der Waals surface area contributed by atoms with Crippen LogP contribution in [-0.2, 0) is 9.22 Å². The van der Waals surface area contributed by atoms with Crippen LogP contribution in [0.2, 0.25) is 5.04 Å². The monoisotopic (exact) mass is 462 g/mol. The molecule has 4 rings (SSSR count). The molecular formula is C29H38O3Si. The molecule has 2 aliphatic rings. The SMILES string of the molecule is CC(=O)[C@H]1CC[C@@]2(O[Si](c3ccccc3)(c3ccccc3)C(C)(C)C)CC=C(C)CC[C@]12O. The number of carbonyl (C=O) groups is 1. The van der Waals surface area contributed by atoms with Crippen molar-refractivity contribution in [3.63, 3.8) is 0 Å². The lowest BCUT2D eigenvalue weighted by molar-refractivity contribution is -0.154. The molecule has 1 N–H and O–H groups in total. The van der Waals surface area contributed by atoms with E-state index in [1.54, 1.807) is 6.92 Å². The van der Waals surface area contributed by atoms with E-state index in [4.69, 9.17) is 4.43 Å². The Hall–Kier alpha value is -2.01. The van der Waals surface area contributed by atoms with Gasteiger partial charge in [0.1, 0.15) is 11.4 Å². The summed E-state index contributed by atoms with van der Waals surface area (Å²) < 4.78 is 7.63. The number of benzene rings is 2. The lowest BCUT2D eigenvalue weighted by Gasteiger charge is -2.53. The Balaban J connectivity index is 1.98. The van der Waals surface area contributed by atoms with Crippen molar-refractivity contribution in [3.05, 3.63) is 72.3 Å². The normalized spacial score (nSPS) is 28.1. The number of allylic oxidation sites excluding steroid dienone is 1. The minimum atomic E-state index is -2.89. The summed E-state index contributed by atoms with van der Waals surface area (Å²) in [5.41, 5.74) is -0.683. The first-order chi connectivity index (χ1) is 15.6. The molecule has 176 valence electrons. The molecule has 2 aliphatic carbocycles. The van der Waals surface area contributed by atoms with E-state index in [1.807, 2.05) is 12.1 Å². The van der Waals surface area contributed by atoms with E-state index in [2.05, 4.69) is 82.3 Å². The first-order valence-corrected chi connectivity index (χ1v) is 14.2. The quantitative estimate of drug-likeness (QED) is 0.493. The molecular weight excluding hydrogens is 424 g/mol. The van der Waals surface area contributed by atoms with Crippen LogP contribution in [0.1, 0.15) is 66.7 Å². The van der Waals surface area contributed by atoms with E-state index in [1.165, 1.54) is 15.9 Å². The molecule has 0 heterocycles. The van der Waals surface area contributed by atoms with Crippen molar-refractivity contribution in [2.24, 2.45) is 5.92 Å². The molecule has 0 radical (unpaired) electrons. The van der Waals surface area contributed by atoms with Crippen molar-refractivity contribution >= 4 is 24.5 Å². The molecule has 3 nitrogen and oxygen atoms in total. The van der Waals surface area contributed by atoms with Crippen molar-refractivity contribution in [1.29, 1.82) is 0 Å². The van der Waals surface area contributed by atoms with Crippen LogP contribution in [-0.4, -0.2) is 30.4 Å². The lowest BCUT2D eigenvalue weighted by atomic mass is 9.75. The number of Topliss-reactive ketones (excluding diaryl/α,β-unsaturated/α-hetero) is 1. The number of hydrogen-bond acceptors (Lipinski definition) is 3. The van der Waals surface area contributed by atoms with Gasteiger partial charge >= 0.3 is 0 Å². The third-order valence-electron chi connectivity index (χ3n) is 8.14. The Labute approximate surface area is 200 Å². The van der Waals surface area contributed by atoms with E-state index in [-0.39, 0.29) is 16.7 Å². The molecule has 0 saturated heterocycles. The number of carbonyl (C=O) groups excluding carboxylic acids is 1. The summed E-state index contributed by atoms with van der Waals surface area (Å²) in [7, 11) is -2.89. The maximum absolute atomic E-state index is 12.7. The third kappa shape index (κ3) is 3.86. The highest BCUT2D eigenvalue weighted by atomic mass is 28.4. The highest BCUT2D eigenvalue weighted by Gasteiger charge is 2.65. The summed E-state index contributed by atoms with van der Waals surface area (Å²) in [5.74, 6) is -0.306. The summed E-state index contributed by atoms with van der Waals surface area (Å²) >= 11 is 0. The molecule has 0 unspecified atom stereocenters. The smallest absolute Gasteiger partial charge is 0.261 e. The zero-order chi connectivity index (χ0) is 23.9. The van der Waals surface area contributed by atoms with Crippen LogP contribution >= 0.6 is 0 Å². The number of hydrogen-bond donors (Lipinski definition) is 1. The van der Waals surface area contributed by atoms with Gasteiger partial charge in [-0.15, -0.1) is 0 Å². The van der Waals surface area contributed by atoms with Gasteiger partial charge in [-0.05, 0) is 61.4 Å². The molecule has 0 bridgehead atoms. The van der Waals surface area contributed by atoms with E-state index < -0.39 is 19.5 Å². The third-order valence-corrected chi connectivity index (χ3v) is 13.2. The molecule has 1 fully saturated rings. The standard InChI is InChI=1S/C29H38O3Si/c1-22-16-19-28(20-18-26(23(2)30)29(28,31)21-17-22)32-33(27(3,4)5,24-12-8-6-9-13-24)25-14-10-7-11-15-25/h6-16,26,31H,17-21H2,1-5H3/t26-,28+,29+/m1/s1. The maximum atomic E-state index is 12.7. The zero-order valence-corrected chi connectivity index (χ0v) is 21.7. The van der Waals surface area contributed by atoms with Gasteiger partial charge in [-0.25, -0.2) is 0 Å². The van der Waals surface area contributed by atoms with Gasteiger partial charge in [0.2, 0.25) is 0 Å². The van der Waals surface area contributed by atoms with Crippen LogP contribution in [0, 0.1) is 5.92 Å². The Kier molecular flexibility index (Phi) is 6.32. The Morgan fingerprint density at radius 3 is 2.03 bits per heavy atom. The number of ketones is 1. The van der Waals surface area contributed by atoms with Gasteiger partial charge in [-0.1, -0.05) is 93.1 Å². The van der Waals surface area contributed by atoms with Crippen molar-refractivity contribution in [2.45, 2.75) is 83.0 Å². The molecule has 1 saturated carbocycles. The van der Waals surface area contributed by atoms with Crippen LogP contribution in [0.15, 0.2) is 72.3 Å². The summed E-state index contributed by atoms with van der Waals surface area (Å²) in [6.45, 7) is 10.6. The summed E-state index contributed by atoms with van der Waals surface area (Å²) in [6, 6.07) is 21.2. The van der Waals surface area contributed by atoms with E-state index in [0.29, 0.717) is 25.7 Å². The molecule has 4 heteroatoms. The fraction of sp³-hybridized carbons (Fsp3) is 0.483. The minimum absolute atomic E-state index is 0.0741. The Morgan fingerprint density at radius 2 is 1.55 bits per heavy atom. The summed E-state index contributed by atoms with van der Waals surface area (Å²) in [5, 5.41) is 14.6. The highest BCUT2D eigenvalue weighted by molar-refractivity contribution is 6.99. The Morgan fingerprint density at radius 1 is 1.00 bits per heavy atom. The fourth-order valence-corrected chi connectivity index (χ4v) is 11.2. The summed E-state index contributed by atoms with van der Waals surface area (Å²) in [4.78, 5) is 12.7. The first kappa shape index (κ1) is 24.1.